The third kappa shape index (κ3) is 4.93. The van der Waals surface area contributed by atoms with E-state index in [1.807, 2.05) is 23.1 Å². The Kier molecular flexibility index (Phi) is 6.88. The van der Waals surface area contributed by atoms with Gasteiger partial charge in [0.1, 0.15) is 17.9 Å². The van der Waals surface area contributed by atoms with E-state index in [-0.39, 0.29) is 22.2 Å². The number of β-amino-alcohol motifs (C(OH)–C–C–N with tert-alkyl or cyclic N) is 1. The molecule has 5 heterocycles. The molecule has 0 spiro atoms. The topological polar surface area (TPSA) is 83.8 Å². The molecule has 38 heavy (non-hydrogen) atoms. The Balaban J connectivity index is 1.18. The monoisotopic (exact) mass is 541 g/mol. The van der Waals surface area contributed by atoms with Gasteiger partial charge in [-0.3, -0.25) is 4.90 Å². The molecule has 0 amide bonds. The Morgan fingerprint density at radius 2 is 1.97 bits per heavy atom. The van der Waals surface area contributed by atoms with Gasteiger partial charge in [-0.15, -0.1) is 0 Å². The van der Waals surface area contributed by atoms with Crippen LogP contribution < -0.4 is 9.64 Å². The molecule has 0 aliphatic carbocycles. The highest BCUT2D eigenvalue weighted by atomic mass is 35.5. The van der Waals surface area contributed by atoms with Crippen molar-refractivity contribution in [1.82, 2.24) is 19.9 Å². The number of ether oxygens (including phenoxy) is 2. The standard InChI is InChI=1S/C28H33ClFN5O3/c1-27(36)9-5-11-34(17-27)25-21-14-31-24(29)22(30)23(21)32-26(33-25)38-18-28-10-6-12-35(28)20(13-28)16-37-15-19-7-3-2-4-8-19/h2-4,7-8,14,20,36H,5-6,9-13,15-18H2,1H3/t20-,27-,28+/m1/s1. The van der Waals surface area contributed by atoms with Crippen molar-refractivity contribution in [3.8, 4) is 6.01 Å². The molecule has 8 nitrogen and oxygen atoms in total. The molecule has 10 heteroatoms. The molecule has 0 radical (unpaired) electrons. The zero-order valence-electron chi connectivity index (χ0n) is 21.6. The first-order chi connectivity index (χ1) is 18.3. The Hall–Kier alpha value is -2.59. The molecule has 0 unspecified atom stereocenters. The minimum Gasteiger partial charge on any atom is -0.461 e. The zero-order chi connectivity index (χ0) is 26.3. The van der Waals surface area contributed by atoms with E-state index in [2.05, 4.69) is 27.0 Å². The average molecular weight is 542 g/mol. The van der Waals surface area contributed by atoms with Crippen LogP contribution in [0.4, 0.5) is 10.2 Å². The number of anilines is 1. The summed E-state index contributed by atoms with van der Waals surface area (Å²) in [6.07, 6.45) is 6.09. The van der Waals surface area contributed by atoms with Gasteiger partial charge in [0.15, 0.2) is 11.0 Å². The van der Waals surface area contributed by atoms with Gasteiger partial charge in [-0.1, -0.05) is 41.9 Å². The number of pyridine rings is 1. The molecule has 3 aliphatic heterocycles. The maximum atomic E-state index is 15.0. The molecule has 202 valence electrons. The van der Waals surface area contributed by atoms with E-state index in [4.69, 9.17) is 26.1 Å². The number of aromatic nitrogens is 3. The van der Waals surface area contributed by atoms with Gasteiger partial charge < -0.3 is 19.5 Å². The lowest BCUT2D eigenvalue weighted by molar-refractivity contribution is -0.0990. The van der Waals surface area contributed by atoms with Gasteiger partial charge >= 0.3 is 6.01 Å². The number of hydrogen-bond donors (Lipinski definition) is 1. The van der Waals surface area contributed by atoms with Gasteiger partial charge in [0.05, 0.1) is 29.7 Å². The van der Waals surface area contributed by atoms with Crippen LogP contribution in [0.5, 0.6) is 6.01 Å². The maximum Gasteiger partial charge on any atom is 0.319 e. The van der Waals surface area contributed by atoms with E-state index in [9.17, 15) is 5.11 Å². The smallest absolute Gasteiger partial charge is 0.319 e. The SMILES string of the molecule is C[C@@]1(O)CCCN(c2nc(OC[C@@]34CCCN3[C@@H](COCc3ccccc3)C4)nc3c(F)c(Cl)ncc23)C1. The van der Waals surface area contributed by atoms with E-state index >= 15 is 4.39 Å². The molecule has 3 aromatic rings. The molecule has 3 fully saturated rings. The molecule has 3 aliphatic rings. The molecule has 6 rings (SSSR count). The highest BCUT2D eigenvalue weighted by Gasteiger charge is 2.54. The summed E-state index contributed by atoms with van der Waals surface area (Å²) in [7, 11) is 0. The van der Waals surface area contributed by atoms with Crippen molar-refractivity contribution in [3.05, 3.63) is 53.1 Å². The molecular weight excluding hydrogens is 509 g/mol. The van der Waals surface area contributed by atoms with Crippen LogP contribution in [0.25, 0.3) is 10.9 Å². The fourth-order valence-corrected chi connectivity index (χ4v) is 6.48. The summed E-state index contributed by atoms with van der Waals surface area (Å²) in [6, 6.07) is 10.7. The predicted molar refractivity (Wildman–Crippen MR) is 143 cm³/mol. The lowest BCUT2D eigenvalue weighted by Crippen LogP contribution is -2.66. The Morgan fingerprint density at radius 3 is 2.79 bits per heavy atom. The van der Waals surface area contributed by atoms with Crippen LogP contribution in [-0.4, -0.2) is 75.0 Å². The van der Waals surface area contributed by atoms with Crippen LogP contribution in [0.2, 0.25) is 5.15 Å². The summed E-state index contributed by atoms with van der Waals surface area (Å²) < 4.78 is 27.2. The zero-order valence-corrected chi connectivity index (χ0v) is 22.3. The van der Waals surface area contributed by atoms with Crippen LogP contribution in [0.1, 0.15) is 44.6 Å². The minimum absolute atomic E-state index is 0.0804. The Morgan fingerprint density at radius 1 is 1.16 bits per heavy atom. The minimum atomic E-state index is -0.859. The number of hydrogen-bond acceptors (Lipinski definition) is 8. The number of rotatable bonds is 8. The molecule has 3 atom stereocenters. The highest BCUT2D eigenvalue weighted by molar-refractivity contribution is 6.30. The summed E-state index contributed by atoms with van der Waals surface area (Å²) >= 11 is 5.99. The van der Waals surface area contributed by atoms with Gasteiger partial charge in [-0.2, -0.15) is 9.97 Å². The van der Waals surface area contributed by atoms with Gasteiger partial charge in [0, 0.05) is 25.3 Å². The lowest BCUT2D eigenvalue weighted by atomic mass is 9.80. The van der Waals surface area contributed by atoms with Crippen molar-refractivity contribution in [2.75, 3.05) is 37.7 Å². The van der Waals surface area contributed by atoms with E-state index in [0.717, 1.165) is 32.2 Å². The second kappa shape index (κ2) is 10.2. The number of fused-ring (bicyclic) bond motifs is 2. The third-order valence-electron chi connectivity index (χ3n) is 8.17. The summed E-state index contributed by atoms with van der Waals surface area (Å²) in [5, 5.41) is 10.9. The Bertz CT molecular complexity index is 1310. The van der Waals surface area contributed by atoms with Gasteiger partial charge in [0.2, 0.25) is 0 Å². The normalized spacial score (nSPS) is 27.4. The molecule has 1 aromatic carbocycles. The van der Waals surface area contributed by atoms with Crippen LogP contribution in [0.15, 0.2) is 36.5 Å². The second-order valence-electron chi connectivity index (χ2n) is 11.1. The van der Waals surface area contributed by atoms with Crippen LogP contribution in [0, 0.1) is 5.82 Å². The van der Waals surface area contributed by atoms with Crippen molar-refractivity contribution < 1.29 is 19.0 Å². The fourth-order valence-electron chi connectivity index (χ4n) is 6.34. The van der Waals surface area contributed by atoms with Crippen molar-refractivity contribution in [1.29, 1.82) is 0 Å². The van der Waals surface area contributed by atoms with E-state index < -0.39 is 11.4 Å². The molecular formula is C28H33ClFN5O3. The first kappa shape index (κ1) is 25.7. The van der Waals surface area contributed by atoms with Crippen molar-refractivity contribution in [3.63, 3.8) is 0 Å². The quantitative estimate of drug-likeness (QED) is 0.421. The Labute approximate surface area is 226 Å². The van der Waals surface area contributed by atoms with Crippen molar-refractivity contribution >= 4 is 28.3 Å². The summed E-state index contributed by atoms with van der Waals surface area (Å²) in [5.41, 5.74) is 0.311. The number of piperidine rings is 1. The van der Waals surface area contributed by atoms with E-state index in [1.54, 1.807) is 6.92 Å². The second-order valence-corrected chi connectivity index (χ2v) is 11.5. The van der Waals surface area contributed by atoms with Crippen LogP contribution in [0.3, 0.4) is 0 Å². The van der Waals surface area contributed by atoms with E-state index in [1.165, 1.54) is 11.8 Å². The van der Waals surface area contributed by atoms with Crippen LogP contribution >= 0.6 is 11.6 Å². The first-order valence-corrected chi connectivity index (χ1v) is 13.7. The highest BCUT2D eigenvalue weighted by Crippen LogP contribution is 2.45. The molecule has 2 aromatic heterocycles. The van der Waals surface area contributed by atoms with Gasteiger partial charge in [0.25, 0.3) is 0 Å². The number of nitrogens with zero attached hydrogens (tertiary/aromatic N) is 5. The summed E-state index contributed by atoms with van der Waals surface area (Å²) in [5.74, 6) is -0.184. The van der Waals surface area contributed by atoms with Crippen molar-refractivity contribution in [2.24, 2.45) is 0 Å². The van der Waals surface area contributed by atoms with Crippen molar-refractivity contribution in [2.45, 2.75) is 62.8 Å². The fraction of sp³-hybridized carbons (Fsp3) is 0.536. The molecule has 1 N–H and O–H groups in total. The van der Waals surface area contributed by atoms with Gasteiger partial charge in [-0.25, -0.2) is 9.37 Å². The predicted octanol–water partition coefficient (Wildman–Crippen LogP) is 4.37. The summed E-state index contributed by atoms with van der Waals surface area (Å²) in [4.78, 5) is 17.5. The molecule has 0 bridgehead atoms. The molecule has 0 saturated carbocycles. The largest absolute Gasteiger partial charge is 0.461 e. The van der Waals surface area contributed by atoms with Crippen LogP contribution in [-0.2, 0) is 11.3 Å². The van der Waals surface area contributed by atoms with Gasteiger partial charge in [-0.05, 0) is 51.1 Å². The number of benzene rings is 1. The maximum absolute atomic E-state index is 15.0. The summed E-state index contributed by atoms with van der Waals surface area (Å²) in [6.45, 7) is 5.59. The first-order valence-electron chi connectivity index (χ1n) is 13.3. The lowest BCUT2D eigenvalue weighted by Gasteiger charge is -2.54. The third-order valence-corrected chi connectivity index (χ3v) is 8.44. The van der Waals surface area contributed by atoms with E-state index in [0.29, 0.717) is 56.6 Å². The molecule has 3 saturated heterocycles. The number of aliphatic hydroxyl groups is 1. The number of halogens is 2. The average Bonchev–Trinajstić information content (AvgIpc) is 3.23.